The molecule has 1 aliphatic rings. The zero-order chi connectivity index (χ0) is 34.2. The average molecular weight is 657 g/mol. The Labute approximate surface area is 270 Å². The van der Waals surface area contributed by atoms with E-state index < -0.39 is 52.9 Å². The van der Waals surface area contributed by atoms with Crippen LogP contribution in [0.2, 0.25) is 0 Å². The standard InChI is InChI=1S/C33H44N4O8S/c1-20(2)25-12-10-24(11-13-25)17-27(33(42)37-14-8-7-9-15-37)35-32(41)26(18-29(38)34-19-30(39)40)36-46(43,44)31-21(3)16-28(45-6)22(4)23(31)5/h10-13,16,26-27,36H,1,7-9,14-15,17-19H2,2-6H3,(H,34,38)(H,35,41)(H,39,40)/t26-,27+/m0/s1. The van der Waals surface area contributed by atoms with Crippen molar-refractivity contribution in [1.82, 2.24) is 20.3 Å². The van der Waals surface area contributed by atoms with E-state index >= 15 is 0 Å². The van der Waals surface area contributed by atoms with Gasteiger partial charge in [0.25, 0.3) is 0 Å². The number of amides is 3. The van der Waals surface area contributed by atoms with Crippen LogP contribution in [0.3, 0.4) is 0 Å². The van der Waals surface area contributed by atoms with E-state index in [-0.39, 0.29) is 17.2 Å². The van der Waals surface area contributed by atoms with E-state index in [1.807, 2.05) is 31.2 Å². The number of nitrogens with one attached hydrogen (secondary N) is 3. The van der Waals surface area contributed by atoms with Gasteiger partial charge >= 0.3 is 5.97 Å². The van der Waals surface area contributed by atoms with Crippen molar-refractivity contribution in [3.8, 4) is 5.75 Å². The number of carbonyl (C=O) groups is 4. The largest absolute Gasteiger partial charge is 0.496 e. The van der Waals surface area contributed by atoms with Gasteiger partial charge in [-0.3, -0.25) is 19.2 Å². The number of carboxylic acids is 1. The van der Waals surface area contributed by atoms with Crippen LogP contribution in [0.15, 0.2) is 41.8 Å². The SMILES string of the molecule is C=C(C)c1ccc(C[C@@H](NC(=O)[C@H](CC(=O)NCC(=O)O)NS(=O)(=O)c2c(C)cc(OC)c(C)c2C)C(=O)N2CCCCC2)cc1. The monoisotopic (exact) mass is 656 g/mol. The Balaban J connectivity index is 1.97. The lowest BCUT2D eigenvalue weighted by molar-refractivity contribution is -0.139. The first kappa shape index (κ1) is 36.2. The van der Waals surface area contributed by atoms with E-state index in [0.717, 1.165) is 36.0 Å². The number of hydrogen-bond acceptors (Lipinski definition) is 7. The van der Waals surface area contributed by atoms with Gasteiger partial charge in [0.2, 0.25) is 27.7 Å². The van der Waals surface area contributed by atoms with Gasteiger partial charge in [0, 0.05) is 19.5 Å². The lowest BCUT2D eigenvalue weighted by Gasteiger charge is -2.31. The van der Waals surface area contributed by atoms with Crippen molar-refractivity contribution in [3.63, 3.8) is 0 Å². The lowest BCUT2D eigenvalue weighted by Crippen LogP contribution is -2.56. The Bertz CT molecular complexity index is 1580. The van der Waals surface area contributed by atoms with Crippen LogP contribution in [0.1, 0.15) is 60.4 Å². The molecule has 46 heavy (non-hydrogen) atoms. The fraction of sp³-hybridized carbons (Fsp3) is 0.455. The number of ether oxygens (including phenoxy) is 1. The Hall–Kier alpha value is -4.23. The highest BCUT2D eigenvalue weighted by atomic mass is 32.2. The van der Waals surface area contributed by atoms with E-state index in [0.29, 0.717) is 35.5 Å². The maximum Gasteiger partial charge on any atom is 0.322 e. The molecule has 0 saturated carbocycles. The number of aliphatic carboxylic acids is 1. The number of nitrogens with zero attached hydrogens (tertiary/aromatic N) is 1. The maximum absolute atomic E-state index is 13.9. The third-order valence-electron chi connectivity index (χ3n) is 8.08. The Kier molecular flexibility index (Phi) is 12.5. The molecule has 0 spiro atoms. The summed E-state index contributed by atoms with van der Waals surface area (Å²) in [5, 5.41) is 13.9. The summed E-state index contributed by atoms with van der Waals surface area (Å²) >= 11 is 0. The van der Waals surface area contributed by atoms with Crippen LogP contribution in [-0.2, 0) is 35.6 Å². The fourth-order valence-corrected chi connectivity index (χ4v) is 7.20. The zero-order valence-corrected chi connectivity index (χ0v) is 27.9. The van der Waals surface area contributed by atoms with Crippen molar-refractivity contribution >= 4 is 39.3 Å². The number of hydrogen-bond donors (Lipinski definition) is 4. The summed E-state index contributed by atoms with van der Waals surface area (Å²) in [7, 11) is -2.93. The summed E-state index contributed by atoms with van der Waals surface area (Å²) in [6.07, 6.45) is 2.06. The summed E-state index contributed by atoms with van der Waals surface area (Å²) < 4.78 is 35.3. The average Bonchev–Trinajstić information content (AvgIpc) is 3.01. The third-order valence-corrected chi connectivity index (χ3v) is 9.84. The molecule has 13 heteroatoms. The van der Waals surface area contributed by atoms with E-state index in [2.05, 4.69) is 21.9 Å². The second-order valence-corrected chi connectivity index (χ2v) is 13.3. The molecule has 3 amide bonds. The predicted molar refractivity (Wildman–Crippen MR) is 174 cm³/mol. The van der Waals surface area contributed by atoms with Gasteiger partial charge in [0.1, 0.15) is 24.4 Å². The van der Waals surface area contributed by atoms with Crippen LogP contribution < -0.4 is 20.1 Å². The molecular formula is C33H44N4O8S. The highest BCUT2D eigenvalue weighted by molar-refractivity contribution is 7.89. The van der Waals surface area contributed by atoms with Gasteiger partial charge in [-0.05, 0) is 80.8 Å². The lowest BCUT2D eigenvalue weighted by atomic mass is 10.00. The van der Waals surface area contributed by atoms with Crippen LogP contribution in [0.25, 0.3) is 5.57 Å². The molecule has 2 aromatic rings. The molecular weight excluding hydrogens is 612 g/mol. The summed E-state index contributed by atoms with van der Waals surface area (Å²) in [6, 6.07) is 6.26. The van der Waals surface area contributed by atoms with Crippen molar-refractivity contribution in [3.05, 3.63) is 64.7 Å². The molecule has 1 saturated heterocycles. The number of likely N-dealkylation sites (tertiary alicyclic amines) is 1. The van der Waals surface area contributed by atoms with Gasteiger partial charge in [0.05, 0.1) is 18.4 Å². The number of carbonyl (C=O) groups excluding carboxylic acids is 3. The molecule has 3 rings (SSSR count). The first-order valence-corrected chi connectivity index (χ1v) is 16.6. The molecule has 1 fully saturated rings. The second-order valence-electron chi connectivity index (χ2n) is 11.7. The quantitative estimate of drug-likeness (QED) is 0.240. The highest BCUT2D eigenvalue weighted by Gasteiger charge is 2.34. The van der Waals surface area contributed by atoms with E-state index in [1.165, 1.54) is 7.11 Å². The van der Waals surface area contributed by atoms with Crippen LogP contribution in [0.4, 0.5) is 0 Å². The van der Waals surface area contributed by atoms with Gasteiger partial charge in [-0.1, -0.05) is 36.4 Å². The van der Waals surface area contributed by atoms with Crippen LogP contribution >= 0.6 is 0 Å². The summed E-state index contributed by atoms with van der Waals surface area (Å²) in [4.78, 5) is 52.9. The Morgan fingerprint density at radius 1 is 1.00 bits per heavy atom. The van der Waals surface area contributed by atoms with Gasteiger partial charge in [-0.15, -0.1) is 0 Å². The Morgan fingerprint density at radius 2 is 1.63 bits per heavy atom. The smallest absolute Gasteiger partial charge is 0.322 e. The molecule has 0 aromatic heterocycles. The van der Waals surface area contributed by atoms with Crippen molar-refractivity contribution in [2.45, 2.75) is 76.8 Å². The number of aryl methyl sites for hydroxylation is 1. The minimum atomic E-state index is -4.40. The van der Waals surface area contributed by atoms with Crippen LogP contribution in [0, 0.1) is 20.8 Å². The summed E-state index contributed by atoms with van der Waals surface area (Å²) in [6.45, 7) is 11.1. The minimum Gasteiger partial charge on any atom is -0.496 e. The number of benzene rings is 2. The molecule has 1 aliphatic heterocycles. The molecule has 2 aromatic carbocycles. The number of rotatable bonds is 14. The molecule has 0 unspecified atom stereocenters. The van der Waals surface area contributed by atoms with Crippen LogP contribution in [0.5, 0.6) is 5.75 Å². The number of allylic oxidation sites excluding steroid dienone is 1. The van der Waals surface area contributed by atoms with E-state index in [9.17, 15) is 27.6 Å². The van der Waals surface area contributed by atoms with Crippen molar-refractivity contribution in [2.24, 2.45) is 0 Å². The number of carboxylic acid groups (broad SMARTS) is 1. The van der Waals surface area contributed by atoms with Crippen molar-refractivity contribution < 1.29 is 37.4 Å². The molecule has 250 valence electrons. The molecule has 4 N–H and O–H groups in total. The van der Waals surface area contributed by atoms with Gasteiger partial charge < -0.3 is 25.4 Å². The summed E-state index contributed by atoms with van der Waals surface area (Å²) in [5.41, 5.74) is 3.89. The molecule has 0 aliphatic carbocycles. The summed E-state index contributed by atoms with van der Waals surface area (Å²) in [5.74, 6) is -2.89. The minimum absolute atomic E-state index is 0.0758. The fourth-order valence-electron chi connectivity index (χ4n) is 5.48. The molecule has 1 heterocycles. The van der Waals surface area contributed by atoms with Gasteiger partial charge in [0.15, 0.2) is 0 Å². The van der Waals surface area contributed by atoms with Gasteiger partial charge in [-0.25, -0.2) is 8.42 Å². The predicted octanol–water partition coefficient (Wildman–Crippen LogP) is 2.63. The molecule has 12 nitrogen and oxygen atoms in total. The number of sulfonamides is 1. The first-order valence-electron chi connectivity index (χ1n) is 15.1. The third kappa shape index (κ3) is 9.39. The maximum atomic E-state index is 13.9. The second kappa shape index (κ2) is 15.9. The van der Waals surface area contributed by atoms with Crippen molar-refractivity contribution in [1.29, 1.82) is 0 Å². The van der Waals surface area contributed by atoms with E-state index in [4.69, 9.17) is 9.84 Å². The number of methoxy groups -OCH3 is 1. The highest BCUT2D eigenvalue weighted by Crippen LogP contribution is 2.30. The normalized spacial score (nSPS) is 14.6. The topological polar surface area (TPSA) is 171 Å². The zero-order valence-electron chi connectivity index (χ0n) is 27.1. The molecule has 0 bridgehead atoms. The van der Waals surface area contributed by atoms with Crippen LogP contribution in [-0.4, -0.2) is 80.9 Å². The number of piperidine rings is 1. The first-order chi connectivity index (χ1) is 21.6. The van der Waals surface area contributed by atoms with E-state index in [1.54, 1.807) is 31.7 Å². The molecule has 0 radical (unpaired) electrons. The molecule has 2 atom stereocenters. The Morgan fingerprint density at radius 3 is 2.20 bits per heavy atom. The van der Waals surface area contributed by atoms with Crippen molar-refractivity contribution in [2.75, 3.05) is 26.7 Å². The van der Waals surface area contributed by atoms with Gasteiger partial charge in [-0.2, -0.15) is 4.72 Å².